The second kappa shape index (κ2) is 10.6. The second-order valence-electron chi connectivity index (χ2n) is 9.89. The van der Waals surface area contributed by atoms with Crippen LogP contribution in [0.5, 0.6) is 0 Å². The highest BCUT2D eigenvalue weighted by atomic mass is 19.4. The minimum atomic E-state index is -4.43. The predicted octanol–water partition coefficient (Wildman–Crippen LogP) is 7.11. The van der Waals surface area contributed by atoms with Crippen LogP contribution in [0.4, 0.5) is 27.6 Å². The van der Waals surface area contributed by atoms with E-state index in [2.05, 4.69) is 30.4 Å². The van der Waals surface area contributed by atoms with Crippen LogP contribution in [-0.2, 0) is 6.42 Å². The molecule has 8 heteroatoms. The van der Waals surface area contributed by atoms with E-state index in [1.807, 2.05) is 39.8 Å². The number of nitrogens with one attached hydrogen (secondary N) is 2. The van der Waals surface area contributed by atoms with E-state index in [0.717, 1.165) is 18.1 Å². The average Bonchev–Trinajstić information content (AvgIpc) is 2.85. The van der Waals surface area contributed by atoms with Crippen molar-refractivity contribution in [1.29, 1.82) is 0 Å². The van der Waals surface area contributed by atoms with E-state index in [1.54, 1.807) is 6.07 Å². The molecule has 1 aliphatic heterocycles. The predicted molar refractivity (Wildman–Crippen MR) is 133 cm³/mol. The molecule has 0 saturated carbocycles. The van der Waals surface area contributed by atoms with Crippen LogP contribution in [0.1, 0.15) is 51.7 Å². The molecule has 1 heterocycles. The van der Waals surface area contributed by atoms with Crippen LogP contribution in [0.25, 0.3) is 0 Å². The summed E-state index contributed by atoms with van der Waals surface area (Å²) in [6.45, 7) is 18.9. The van der Waals surface area contributed by atoms with E-state index in [1.165, 1.54) is 4.90 Å². The quantitative estimate of drug-likeness (QED) is 0.336. The SMILES string of the molecule is C=C1[C@@H](NC(=C)C(C)(CC)C(=C)NCC(C)(F)F)[C@@H](CC)Cc2ccc(C)cc2N1CC(F)(F)F. The van der Waals surface area contributed by atoms with Gasteiger partial charge in [0, 0.05) is 35.1 Å². The van der Waals surface area contributed by atoms with Gasteiger partial charge in [0.05, 0.1) is 12.6 Å². The number of alkyl halides is 5. The van der Waals surface area contributed by atoms with Crippen molar-refractivity contribution >= 4 is 5.69 Å². The molecule has 3 atom stereocenters. The molecule has 1 unspecified atom stereocenters. The van der Waals surface area contributed by atoms with Crippen LogP contribution in [-0.4, -0.2) is 31.2 Å². The standard InChI is InChI=1S/C27H38F5N3/c1-9-21-14-22-12-11-17(3)13-23(22)35(16-27(30,31)32)18(4)24(21)34-20(6)25(7,10-2)19(5)33-15-26(8,28)29/h11-13,21,24,33-34H,4-6,9-10,14-16H2,1-3,7-8H3/t21-,24+,25?/m0/s1. The molecule has 0 fully saturated rings. The molecule has 0 radical (unpaired) electrons. The van der Waals surface area contributed by atoms with Gasteiger partial charge in [-0.2, -0.15) is 13.2 Å². The van der Waals surface area contributed by atoms with Gasteiger partial charge in [-0.15, -0.1) is 0 Å². The second-order valence-corrected chi connectivity index (χ2v) is 9.89. The normalized spacial score (nSPS) is 20.5. The van der Waals surface area contributed by atoms with Crippen molar-refractivity contribution in [2.24, 2.45) is 11.3 Å². The van der Waals surface area contributed by atoms with Gasteiger partial charge in [0.1, 0.15) is 6.54 Å². The van der Waals surface area contributed by atoms with Gasteiger partial charge < -0.3 is 15.5 Å². The first-order valence-corrected chi connectivity index (χ1v) is 11.9. The molecule has 3 nitrogen and oxygen atoms in total. The van der Waals surface area contributed by atoms with Gasteiger partial charge in [0.25, 0.3) is 5.92 Å². The highest BCUT2D eigenvalue weighted by molar-refractivity contribution is 5.62. The number of rotatable bonds is 10. The molecule has 0 amide bonds. The number of halogens is 5. The summed E-state index contributed by atoms with van der Waals surface area (Å²) >= 11 is 0. The maximum Gasteiger partial charge on any atom is 0.406 e. The number of benzene rings is 1. The Labute approximate surface area is 206 Å². The Bertz CT molecular complexity index is 947. The Balaban J connectivity index is 2.43. The fraction of sp³-hybridized carbons (Fsp3) is 0.556. The van der Waals surface area contributed by atoms with E-state index >= 15 is 0 Å². The van der Waals surface area contributed by atoms with Crippen molar-refractivity contribution in [3.05, 3.63) is 66.2 Å². The summed E-state index contributed by atoms with van der Waals surface area (Å²) in [7, 11) is 0. The van der Waals surface area contributed by atoms with Gasteiger partial charge in [-0.3, -0.25) is 0 Å². The fourth-order valence-electron chi connectivity index (χ4n) is 4.45. The maximum atomic E-state index is 13.6. The van der Waals surface area contributed by atoms with Crippen LogP contribution >= 0.6 is 0 Å². The molecule has 1 aromatic rings. The summed E-state index contributed by atoms with van der Waals surface area (Å²) in [5.74, 6) is -2.97. The van der Waals surface area contributed by atoms with Crippen molar-refractivity contribution in [2.75, 3.05) is 18.0 Å². The molecule has 2 N–H and O–H groups in total. The van der Waals surface area contributed by atoms with Crippen LogP contribution < -0.4 is 15.5 Å². The zero-order chi connectivity index (χ0) is 26.8. The van der Waals surface area contributed by atoms with E-state index in [-0.39, 0.29) is 5.92 Å². The Hall–Kier alpha value is -2.51. The van der Waals surface area contributed by atoms with Crippen LogP contribution in [0.15, 0.2) is 55.0 Å². The fourth-order valence-corrected chi connectivity index (χ4v) is 4.45. The third-order valence-corrected chi connectivity index (χ3v) is 7.03. The molecule has 0 saturated heterocycles. The summed E-state index contributed by atoms with van der Waals surface area (Å²) < 4.78 is 67.8. The number of aryl methyl sites for hydroxylation is 1. The van der Waals surface area contributed by atoms with E-state index in [0.29, 0.717) is 42.0 Å². The van der Waals surface area contributed by atoms with E-state index in [4.69, 9.17) is 0 Å². The molecule has 35 heavy (non-hydrogen) atoms. The Kier molecular flexibility index (Phi) is 8.72. The van der Waals surface area contributed by atoms with Gasteiger partial charge in [-0.25, -0.2) is 8.78 Å². The van der Waals surface area contributed by atoms with E-state index in [9.17, 15) is 22.0 Å². The van der Waals surface area contributed by atoms with Crippen molar-refractivity contribution in [3.8, 4) is 0 Å². The molecule has 1 aliphatic rings. The van der Waals surface area contributed by atoms with Gasteiger partial charge >= 0.3 is 6.18 Å². The minimum Gasteiger partial charge on any atom is -0.382 e. The molecule has 2 rings (SSSR count). The highest BCUT2D eigenvalue weighted by Gasteiger charge is 2.40. The third kappa shape index (κ3) is 7.01. The lowest BCUT2D eigenvalue weighted by Crippen LogP contribution is -2.47. The van der Waals surface area contributed by atoms with E-state index < -0.39 is 36.6 Å². The Morgan fingerprint density at radius 3 is 2.23 bits per heavy atom. The Morgan fingerprint density at radius 2 is 1.71 bits per heavy atom. The maximum absolute atomic E-state index is 13.6. The van der Waals surface area contributed by atoms with Crippen molar-refractivity contribution < 1.29 is 22.0 Å². The molecule has 0 spiro atoms. The molecule has 1 aromatic carbocycles. The van der Waals surface area contributed by atoms with Crippen LogP contribution in [0, 0.1) is 18.3 Å². The Morgan fingerprint density at radius 1 is 1.09 bits per heavy atom. The number of nitrogens with zero attached hydrogens (tertiary/aromatic N) is 1. The van der Waals surface area contributed by atoms with Crippen molar-refractivity contribution in [3.63, 3.8) is 0 Å². The number of fused-ring (bicyclic) bond motifs is 1. The largest absolute Gasteiger partial charge is 0.406 e. The zero-order valence-electron chi connectivity index (χ0n) is 21.4. The van der Waals surface area contributed by atoms with Crippen molar-refractivity contribution in [2.45, 2.75) is 72.0 Å². The first kappa shape index (κ1) is 28.7. The summed E-state index contributed by atoms with van der Waals surface area (Å²) in [5.41, 5.74) is 2.56. The highest BCUT2D eigenvalue weighted by Crippen LogP contribution is 2.40. The van der Waals surface area contributed by atoms with Gasteiger partial charge in [-0.05, 0) is 49.8 Å². The summed E-state index contributed by atoms with van der Waals surface area (Å²) in [6.07, 6.45) is -2.67. The number of hydrogen-bond donors (Lipinski definition) is 2. The third-order valence-electron chi connectivity index (χ3n) is 7.03. The van der Waals surface area contributed by atoms with Crippen molar-refractivity contribution in [1.82, 2.24) is 10.6 Å². The molecule has 0 aromatic heterocycles. The number of anilines is 1. The smallest absolute Gasteiger partial charge is 0.382 e. The molecule has 0 aliphatic carbocycles. The lowest BCUT2D eigenvalue weighted by molar-refractivity contribution is -0.119. The van der Waals surface area contributed by atoms with Crippen LogP contribution in [0.3, 0.4) is 0 Å². The molecular weight excluding hydrogens is 461 g/mol. The summed E-state index contributed by atoms with van der Waals surface area (Å²) in [4.78, 5) is 1.25. The topological polar surface area (TPSA) is 27.3 Å². The lowest BCUT2D eigenvalue weighted by atomic mass is 9.80. The van der Waals surface area contributed by atoms with Gasteiger partial charge in [-0.1, -0.05) is 52.1 Å². The summed E-state index contributed by atoms with van der Waals surface area (Å²) in [5, 5.41) is 6.07. The van der Waals surface area contributed by atoms with Crippen LogP contribution in [0.2, 0.25) is 0 Å². The monoisotopic (exact) mass is 499 g/mol. The zero-order valence-corrected chi connectivity index (χ0v) is 21.4. The summed E-state index contributed by atoms with van der Waals surface area (Å²) in [6, 6.07) is 5.02. The van der Waals surface area contributed by atoms with Gasteiger partial charge in [0.2, 0.25) is 0 Å². The molecule has 196 valence electrons. The van der Waals surface area contributed by atoms with Gasteiger partial charge in [0.15, 0.2) is 0 Å². The molecule has 0 bridgehead atoms. The average molecular weight is 500 g/mol. The molecular formula is C27H38F5N3. The minimum absolute atomic E-state index is 0.0544. The first-order chi connectivity index (χ1) is 16.0. The lowest BCUT2D eigenvalue weighted by Gasteiger charge is -2.40. The first-order valence-electron chi connectivity index (χ1n) is 11.9. The number of hydrogen-bond acceptors (Lipinski definition) is 3.